The van der Waals surface area contributed by atoms with Crippen LogP contribution in [0.2, 0.25) is 5.02 Å². The van der Waals surface area contributed by atoms with Crippen molar-refractivity contribution in [2.45, 2.75) is 6.54 Å². The minimum atomic E-state index is -0.388. The molecule has 8 heteroatoms. The summed E-state index contributed by atoms with van der Waals surface area (Å²) in [5.74, 6) is -0.388. The van der Waals surface area contributed by atoms with Gasteiger partial charge in [0.05, 0.1) is 18.4 Å². The Kier molecular flexibility index (Phi) is 4.34. The van der Waals surface area contributed by atoms with E-state index in [1.807, 2.05) is 6.07 Å². The molecule has 26 heavy (non-hydrogen) atoms. The van der Waals surface area contributed by atoms with Gasteiger partial charge in [-0.2, -0.15) is 5.10 Å². The summed E-state index contributed by atoms with van der Waals surface area (Å²) in [5.41, 5.74) is 1.24. The van der Waals surface area contributed by atoms with Crippen molar-refractivity contribution in [1.29, 1.82) is 0 Å². The Hall–Kier alpha value is -2.51. The molecule has 0 aliphatic rings. The molecule has 130 valence electrons. The molecule has 4 rings (SSSR count). The highest BCUT2D eigenvalue weighted by Crippen LogP contribution is 2.19. The molecule has 5 nitrogen and oxygen atoms in total. The molecule has 0 bridgehead atoms. The lowest BCUT2D eigenvalue weighted by Crippen LogP contribution is -2.21. The molecule has 2 aromatic heterocycles. The van der Waals surface area contributed by atoms with E-state index in [2.05, 4.69) is 26.0 Å². The lowest BCUT2D eigenvalue weighted by atomic mass is 10.2. The summed E-state index contributed by atoms with van der Waals surface area (Å²) >= 11 is 9.24. The van der Waals surface area contributed by atoms with E-state index < -0.39 is 0 Å². The topological polar surface area (TPSA) is 52.7 Å². The molecule has 0 fully saturated rings. The van der Waals surface area contributed by atoms with E-state index in [9.17, 15) is 9.18 Å². The highest BCUT2D eigenvalue weighted by Gasteiger charge is 2.13. The Morgan fingerprint density at radius 2 is 2.04 bits per heavy atom. The van der Waals surface area contributed by atoms with Crippen molar-refractivity contribution >= 4 is 38.6 Å². The van der Waals surface area contributed by atoms with Gasteiger partial charge in [-0.25, -0.2) is 14.1 Å². The molecule has 0 atom stereocenters. The van der Waals surface area contributed by atoms with Gasteiger partial charge in [0.15, 0.2) is 5.65 Å². The average Bonchev–Trinajstić information content (AvgIpc) is 3.04. The van der Waals surface area contributed by atoms with Crippen molar-refractivity contribution in [2.75, 3.05) is 0 Å². The van der Waals surface area contributed by atoms with Crippen molar-refractivity contribution in [3.63, 3.8) is 0 Å². The van der Waals surface area contributed by atoms with Gasteiger partial charge in [-0.15, -0.1) is 0 Å². The molecular formula is C18H11BrClFN4O. The van der Waals surface area contributed by atoms with E-state index in [-0.39, 0.29) is 17.9 Å². The Labute approximate surface area is 160 Å². The summed E-state index contributed by atoms with van der Waals surface area (Å²) in [5, 5.41) is 5.16. The molecule has 0 saturated heterocycles. The lowest BCUT2D eigenvalue weighted by Gasteiger charge is -2.08. The molecular weight excluding hydrogens is 423 g/mol. The summed E-state index contributed by atoms with van der Waals surface area (Å²) in [6.07, 6.45) is 2.86. The molecule has 0 saturated carbocycles. The number of benzene rings is 2. The Morgan fingerprint density at radius 3 is 2.81 bits per heavy atom. The lowest BCUT2D eigenvalue weighted by molar-refractivity contribution is 0.594. The quantitative estimate of drug-likeness (QED) is 0.487. The molecule has 0 N–H and O–H groups in total. The summed E-state index contributed by atoms with van der Waals surface area (Å²) in [7, 11) is 0. The normalized spacial score (nSPS) is 11.2. The first-order valence-electron chi connectivity index (χ1n) is 7.66. The van der Waals surface area contributed by atoms with E-state index in [1.165, 1.54) is 23.2 Å². The predicted octanol–water partition coefficient (Wildman–Crippen LogP) is 4.19. The van der Waals surface area contributed by atoms with Crippen molar-refractivity contribution in [1.82, 2.24) is 19.3 Å². The van der Waals surface area contributed by atoms with Crippen LogP contribution in [-0.2, 0) is 6.54 Å². The third kappa shape index (κ3) is 3.04. The number of rotatable bonds is 3. The number of nitrogens with zero attached hydrogens (tertiary/aromatic N) is 4. The van der Waals surface area contributed by atoms with Gasteiger partial charge in [0.1, 0.15) is 17.5 Å². The number of aromatic nitrogens is 4. The van der Waals surface area contributed by atoms with Gasteiger partial charge in [0, 0.05) is 15.1 Å². The van der Waals surface area contributed by atoms with Crippen molar-refractivity contribution < 1.29 is 4.39 Å². The van der Waals surface area contributed by atoms with E-state index in [1.54, 1.807) is 35.0 Å². The Morgan fingerprint density at radius 1 is 1.19 bits per heavy atom. The third-order valence-electron chi connectivity index (χ3n) is 3.96. The highest BCUT2D eigenvalue weighted by atomic mass is 79.9. The van der Waals surface area contributed by atoms with Crippen LogP contribution in [0.3, 0.4) is 0 Å². The Bertz CT molecular complexity index is 1190. The second kappa shape index (κ2) is 6.66. The zero-order valence-electron chi connectivity index (χ0n) is 13.2. The molecule has 0 aliphatic heterocycles. The first-order chi connectivity index (χ1) is 12.5. The minimum absolute atomic E-state index is 0.0865. The molecule has 0 radical (unpaired) electrons. The summed E-state index contributed by atoms with van der Waals surface area (Å²) in [4.78, 5) is 17.1. The van der Waals surface area contributed by atoms with Crippen LogP contribution < -0.4 is 5.56 Å². The maximum absolute atomic E-state index is 14.1. The highest BCUT2D eigenvalue weighted by molar-refractivity contribution is 9.10. The van der Waals surface area contributed by atoms with E-state index >= 15 is 0 Å². The summed E-state index contributed by atoms with van der Waals surface area (Å²) in [6.45, 7) is 0.0865. The number of hydrogen-bond acceptors (Lipinski definition) is 3. The predicted molar refractivity (Wildman–Crippen MR) is 101 cm³/mol. The van der Waals surface area contributed by atoms with Gasteiger partial charge in [0.2, 0.25) is 0 Å². The van der Waals surface area contributed by atoms with Crippen LogP contribution in [0.4, 0.5) is 4.39 Å². The second-order valence-electron chi connectivity index (χ2n) is 5.69. The van der Waals surface area contributed by atoms with Crippen molar-refractivity contribution in [2.24, 2.45) is 0 Å². The molecule has 0 spiro atoms. The first kappa shape index (κ1) is 16.9. The minimum Gasteiger partial charge on any atom is -0.294 e. The van der Waals surface area contributed by atoms with Gasteiger partial charge < -0.3 is 0 Å². The molecule has 4 aromatic rings. The maximum Gasteiger partial charge on any atom is 0.264 e. The monoisotopic (exact) mass is 432 g/mol. The molecule has 0 unspecified atom stereocenters. The van der Waals surface area contributed by atoms with Gasteiger partial charge in [0.25, 0.3) is 5.56 Å². The standard InChI is InChI=1S/C18H11BrClFN4O/c19-12-5-4-11(16(21)6-12)9-24-10-22-17-15(18(24)26)8-23-25(17)14-3-1-2-13(20)7-14/h1-8,10H,9H2. The van der Waals surface area contributed by atoms with E-state index in [0.29, 0.717) is 31.8 Å². The average molecular weight is 434 g/mol. The fourth-order valence-corrected chi connectivity index (χ4v) is 3.21. The smallest absolute Gasteiger partial charge is 0.264 e. The molecule has 2 aromatic carbocycles. The first-order valence-corrected chi connectivity index (χ1v) is 8.83. The van der Waals surface area contributed by atoms with Gasteiger partial charge in [-0.1, -0.05) is 39.7 Å². The van der Waals surface area contributed by atoms with Crippen LogP contribution in [-0.4, -0.2) is 19.3 Å². The van der Waals surface area contributed by atoms with Crippen molar-refractivity contribution in [3.8, 4) is 5.69 Å². The zero-order chi connectivity index (χ0) is 18.3. The van der Waals surface area contributed by atoms with Crippen LogP contribution >= 0.6 is 27.5 Å². The fraction of sp³-hybridized carbons (Fsp3) is 0.0556. The molecule has 0 amide bonds. The molecule has 0 aliphatic carbocycles. The van der Waals surface area contributed by atoms with E-state index in [0.717, 1.165) is 0 Å². The Balaban J connectivity index is 1.78. The van der Waals surface area contributed by atoms with Crippen LogP contribution in [0.25, 0.3) is 16.7 Å². The van der Waals surface area contributed by atoms with Crippen LogP contribution in [0.5, 0.6) is 0 Å². The maximum atomic E-state index is 14.1. The largest absolute Gasteiger partial charge is 0.294 e. The zero-order valence-corrected chi connectivity index (χ0v) is 15.6. The molecule has 2 heterocycles. The van der Waals surface area contributed by atoms with Crippen LogP contribution in [0, 0.1) is 5.82 Å². The van der Waals surface area contributed by atoms with Crippen LogP contribution in [0.1, 0.15) is 5.56 Å². The van der Waals surface area contributed by atoms with Crippen LogP contribution in [0.15, 0.2) is 64.3 Å². The fourth-order valence-electron chi connectivity index (χ4n) is 2.69. The summed E-state index contributed by atoms with van der Waals surface area (Å²) < 4.78 is 17.6. The van der Waals surface area contributed by atoms with Gasteiger partial charge in [-0.3, -0.25) is 9.36 Å². The van der Waals surface area contributed by atoms with E-state index in [4.69, 9.17) is 11.6 Å². The number of halogens is 3. The van der Waals surface area contributed by atoms with Gasteiger partial charge >= 0.3 is 0 Å². The third-order valence-corrected chi connectivity index (χ3v) is 4.69. The second-order valence-corrected chi connectivity index (χ2v) is 7.04. The van der Waals surface area contributed by atoms with Crippen molar-refractivity contribution in [3.05, 3.63) is 86.2 Å². The summed E-state index contributed by atoms with van der Waals surface area (Å²) in [6, 6.07) is 11.8. The number of fused-ring (bicyclic) bond motifs is 1. The SMILES string of the molecule is O=c1c2cnn(-c3cccc(Cl)c3)c2ncn1Cc1ccc(Br)cc1F. The van der Waals surface area contributed by atoms with Gasteiger partial charge in [-0.05, 0) is 30.3 Å². The number of hydrogen-bond donors (Lipinski definition) is 0.